The summed E-state index contributed by atoms with van der Waals surface area (Å²) in [5.74, 6) is -2.06. The summed E-state index contributed by atoms with van der Waals surface area (Å²) in [5, 5.41) is 17.4. The number of H-pyrrole nitrogens is 1. The maximum Gasteiger partial charge on any atom is 0.336 e. The maximum atomic E-state index is 12.9. The Labute approximate surface area is 202 Å². The van der Waals surface area contributed by atoms with Crippen LogP contribution in [-0.2, 0) is 11.3 Å². The first-order chi connectivity index (χ1) is 17.4. The summed E-state index contributed by atoms with van der Waals surface area (Å²) in [4.78, 5) is 59.7. The molecule has 36 heavy (non-hydrogen) atoms. The van der Waals surface area contributed by atoms with Crippen LogP contribution in [0, 0.1) is 0 Å². The Bertz CT molecular complexity index is 1550. The molecule has 12 heteroatoms. The molecule has 0 fully saturated rings. The Morgan fingerprint density at radius 2 is 1.86 bits per heavy atom. The molecule has 3 heterocycles. The van der Waals surface area contributed by atoms with Gasteiger partial charge in [-0.05, 0) is 29.8 Å². The van der Waals surface area contributed by atoms with Gasteiger partial charge in [-0.2, -0.15) is 0 Å². The summed E-state index contributed by atoms with van der Waals surface area (Å²) < 4.78 is 5.33. The largest absolute Gasteiger partial charge is 0.482 e. The number of anilines is 2. The summed E-state index contributed by atoms with van der Waals surface area (Å²) in [6, 6.07) is 11.0. The van der Waals surface area contributed by atoms with Crippen LogP contribution in [0.5, 0.6) is 5.75 Å². The number of fused-ring (bicyclic) bond motifs is 2. The number of amides is 3. The van der Waals surface area contributed by atoms with Gasteiger partial charge in [0.15, 0.2) is 12.3 Å². The van der Waals surface area contributed by atoms with Gasteiger partial charge in [-0.15, -0.1) is 0 Å². The van der Waals surface area contributed by atoms with E-state index in [1.165, 1.54) is 30.7 Å². The first-order valence-corrected chi connectivity index (χ1v) is 10.7. The van der Waals surface area contributed by atoms with Crippen molar-refractivity contribution in [1.82, 2.24) is 20.3 Å². The zero-order valence-corrected chi connectivity index (χ0v) is 18.5. The highest BCUT2D eigenvalue weighted by Crippen LogP contribution is 2.28. The Hall–Kier alpha value is -5.26. The van der Waals surface area contributed by atoms with Crippen molar-refractivity contribution >= 4 is 46.1 Å². The number of rotatable bonds is 6. The van der Waals surface area contributed by atoms with E-state index in [2.05, 4.69) is 30.9 Å². The van der Waals surface area contributed by atoms with Gasteiger partial charge in [0, 0.05) is 12.7 Å². The Morgan fingerprint density at radius 1 is 1.06 bits per heavy atom. The van der Waals surface area contributed by atoms with E-state index in [1.807, 2.05) is 0 Å². The number of aromatic amines is 1. The van der Waals surface area contributed by atoms with E-state index < -0.39 is 17.8 Å². The van der Waals surface area contributed by atoms with Gasteiger partial charge in [0.1, 0.15) is 17.6 Å². The third kappa shape index (κ3) is 4.30. The number of carbonyl (C=O) groups is 4. The second-order valence-corrected chi connectivity index (χ2v) is 7.80. The number of carboxylic acid groups (broad SMARTS) is 1. The van der Waals surface area contributed by atoms with Gasteiger partial charge in [-0.25, -0.2) is 14.8 Å². The molecule has 0 atom stereocenters. The standard InChI is InChI=1S/C24H18N6O6/c31-18-10-36-17-6-5-12(7-15(17)29-18)8-26-23(33)21-20-19(27-11-28-21)16(9-25-20)30-22(32)13-3-1-2-4-14(13)24(34)35/h1-7,9,11,25H,8,10H2,(H,26,33)(H,29,31)(H,30,32)(H,34,35). The fourth-order valence-corrected chi connectivity index (χ4v) is 3.77. The van der Waals surface area contributed by atoms with Crippen molar-refractivity contribution in [1.29, 1.82) is 0 Å². The molecule has 3 amide bonds. The van der Waals surface area contributed by atoms with Crippen LogP contribution in [0.1, 0.15) is 36.8 Å². The lowest BCUT2D eigenvalue weighted by atomic mass is 10.1. The molecule has 0 saturated heterocycles. The summed E-state index contributed by atoms with van der Waals surface area (Å²) in [7, 11) is 0. The van der Waals surface area contributed by atoms with Gasteiger partial charge in [-0.3, -0.25) is 14.4 Å². The van der Waals surface area contributed by atoms with Crippen LogP contribution in [-0.4, -0.2) is 50.4 Å². The number of aromatic nitrogens is 3. The van der Waals surface area contributed by atoms with Crippen molar-refractivity contribution < 1.29 is 29.0 Å². The van der Waals surface area contributed by atoms with Gasteiger partial charge < -0.3 is 30.8 Å². The SMILES string of the molecule is O=C1COc2ccc(CNC(=O)c3ncnc4c(NC(=O)c5ccccc5C(=O)O)c[nH]c34)cc2N1. The summed E-state index contributed by atoms with van der Waals surface area (Å²) in [6.07, 6.45) is 2.64. The zero-order valence-electron chi connectivity index (χ0n) is 18.5. The molecule has 0 spiro atoms. The fraction of sp³-hybridized carbons (Fsp3) is 0.0833. The quantitative estimate of drug-likeness (QED) is 0.275. The molecule has 5 N–H and O–H groups in total. The number of hydrogen-bond donors (Lipinski definition) is 5. The van der Waals surface area contributed by atoms with Crippen LogP contribution in [0.3, 0.4) is 0 Å². The first kappa shape index (κ1) is 22.5. The molecule has 180 valence electrons. The molecule has 5 rings (SSSR count). The van der Waals surface area contributed by atoms with Crippen LogP contribution in [0.25, 0.3) is 11.0 Å². The van der Waals surface area contributed by atoms with Crippen molar-refractivity contribution in [2.75, 3.05) is 17.2 Å². The normalized spacial score (nSPS) is 12.3. The number of hydrogen-bond acceptors (Lipinski definition) is 7. The van der Waals surface area contributed by atoms with Crippen LogP contribution in [0.2, 0.25) is 0 Å². The molecule has 2 aromatic carbocycles. The molecular weight excluding hydrogens is 468 g/mol. The molecule has 12 nitrogen and oxygen atoms in total. The molecule has 1 aliphatic heterocycles. The van der Waals surface area contributed by atoms with E-state index in [0.717, 1.165) is 5.56 Å². The molecule has 2 aromatic heterocycles. The van der Waals surface area contributed by atoms with E-state index in [0.29, 0.717) is 17.0 Å². The van der Waals surface area contributed by atoms with E-state index in [9.17, 15) is 24.3 Å². The minimum absolute atomic E-state index is 0.0157. The third-order valence-electron chi connectivity index (χ3n) is 5.46. The van der Waals surface area contributed by atoms with Crippen molar-refractivity contribution in [2.24, 2.45) is 0 Å². The topological polar surface area (TPSA) is 175 Å². The monoisotopic (exact) mass is 486 g/mol. The highest BCUT2D eigenvalue weighted by molar-refractivity contribution is 6.14. The third-order valence-corrected chi connectivity index (χ3v) is 5.46. The highest BCUT2D eigenvalue weighted by Gasteiger charge is 2.21. The number of benzene rings is 2. The molecular formula is C24H18N6O6. The number of carboxylic acids is 1. The van der Waals surface area contributed by atoms with Gasteiger partial charge in [0.05, 0.1) is 28.0 Å². The Kier molecular flexibility index (Phi) is 5.74. The minimum atomic E-state index is -1.23. The fourth-order valence-electron chi connectivity index (χ4n) is 3.77. The van der Waals surface area contributed by atoms with E-state index >= 15 is 0 Å². The Morgan fingerprint density at radius 3 is 2.67 bits per heavy atom. The molecule has 1 aliphatic rings. The highest BCUT2D eigenvalue weighted by atomic mass is 16.5. The Balaban J connectivity index is 1.33. The van der Waals surface area contributed by atoms with Crippen LogP contribution in [0.15, 0.2) is 55.0 Å². The maximum absolute atomic E-state index is 12.9. The summed E-state index contributed by atoms with van der Waals surface area (Å²) in [6.45, 7) is 0.112. The average molecular weight is 486 g/mol. The van der Waals surface area contributed by atoms with Crippen molar-refractivity contribution in [3.63, 3.8) is 0 Å². The van der Waals surface area contributed by atoms with E-state index in [-0.39, 0.29) is 47.1 Å². The van der Waals surface area contributed by atoms with Crippen LogP contribution in [0.4, 0.5) is 11.4 Å². The van der Waals surface area contributed by atoms with E-state index in [4.69, 9.17) is 4.74 Å². The summed E-state index contributed by atoms with van der Waals surface area (Å²) >= 11 is 0. The lowest BCUT2D eigenvalue weighted by molar-refractivity contribution is -0.118. The van der Waals surface area contributed by atoms with Gasteiger partial charge >= 0.3 is 5.97 Å². The predicted octanol–water partition coefficient (Wildman–Crippen LogP) is 2.17. The lowest BCUT2D eigenvalue weighted by Gasteiger charge is -2.18. The first-order valence-electron chi connectivity index (χ1n) is 10.7. The second-order valence-electron chi connectivity index (χ2n) is 7.80. The molecule has 0 aliphatic carbocycles. The predicted molar refractivity (Wildman–Crippen MR) is 127 cm³/mol. The number of nitrogens with zero attached hydrogens (tertiary/aromatic N) is 2. The smallest absolute Gasteiger partial charge is 0.336 e. The number of nitrogens with one attached hydrogen (secondary N) is 4. The minimum Gasteiger partial charge on any atom is -0.482 e. The molecule has 0 unspecified atom stereocenters. The zero-order chi connectivity index (χ0) is 25.2. The second kappa shape index (κ2) is 9.18. The van der Waals surface area contributed by atoms with Crippen molar-refractivity contribution in [3.05, 3.63) is 77.4 Å². The molecule has 0 saturated carbocycles. The van der Waals surface area contributed by atoms with Crippen LogP contribution >= 0.6 is 0 Å². The number of aromatic carboxylic acids is 1. The van der Waals surface area contributed by atoms with Gasteiger partial charge in [-0.1, -0.05) is 18.2 Å². The van der Waals surface area contributed by atoms with Crippen molar-refractivity contribution in [3.8, 4) is 5.75 Å². The summed E-state index contributed by atoms with van der Waals surface area (Å²) in [5.41, 5.74) is 1.99. The molecule has 0 bridgehead atoms. The van der Waals surface area contributed by atoms with Crippen LogP contribution < -0.4 is 20.7 Å². The van der Waals surface area contributed by atoms with Gasteiger partial charge in [0.2, 0.25) is 0 Å². The molecule has 0 radical (unpaired) electrons. The van der Waals surface area contributed by atoms with Crippen molar-refractivity contribution in [2.45, 2.75) is 6.54 Å². The lowest BCUT2D eigenvalue weighted by Crippen LogP contribution is -2.26. The number of carbonyl (C=O) groups excluding carboxylic acids is 3. The van der Waals surface area contributed by atoms with Gasteiger partial charge in [0.25, 0.3) is 17.7 Å². The molecule has 4 aromatic rings. The van der Waals surface area contributed by atoms with E-state index in [1.54, 1.807) is 24.3 Å². The average Bonchev–Trinajstić information content (AvgIpc) is 3.29. The number of ether oxygens (including phenoxy) is 1.